The molecule has 0 spiro atoms. The van der Waals surface area contributed by atoms with E-state index in [0.717, 1.165) is 11.1 Å². The van der Waals surface area contributed by atoms with Gasteiger partial charge in [0, 0.05) is 35.3 Å². The van der Waals surface area contributed by atoms with Gasteiger partial charge in [0.1, 0.15) is 0 Å². The summed E-state index contributed by atoms with van der Waals surface area (Å²) in [5.41, 5.74) is 1.66. The van der Waals surface area contributed by atoms with Gasteiger partial charge in [0.05, 0.1) is 0 Å². The smallest absolute Gasteiger partial charge is 0.238 e. The van der Waals surface area contributed by atoms with Gasteiger partial charge in [0.2, 0.25) is 11.8 Å². The molecule has 8 heteroatoms. The molecule has 0 unspecified atom stereocenters. The Morgan fingerprint density at radius 1 is 0.526 bits per heavy atom. The highest BCUT2D eigenvalue weighted by Crippen LogP contribution is 2.35. The summed E-state index contributed by atoms with van der Waals surface area (Å²) < 4.78 is 0. The predicted molar refractivity (Wildman–Crippen MR) is 137 cm³/mol. The van der Waals surface area contributed by atoms with Gasteiger partial charge in [-0.15, -0.1) is 0 Å². The molecule has 0 radical (unpaired) electrons. The lowest BCUT2D eigenvalue weighted by Crippen LogP contribution is -2.38. The number of rotatable bonds is 8. The summed E-state index contributed by atoms with van der Waals surface area (Å²) in [6.45, 7) is 0.482. The summed E-state index contributed by atoms with van der Waals surface area (Å²) >= 11 is 0. The molecule has 0 atom stereocenters. The van der Waals surface area contributed by atoms with Crippen molar-refractivity contribution >= 4 is 34.9 Å². The van der Waals surface area contributed by atoms with E-state index in [1.807, 2.05) is 60.7 Å². The lowest BCUT2D eigenvalue weighted by molar-refractivity contribution is -0.123. The number of Topliss-reactive ketones (excluding diaryl/α,β-unsaturated/α-hetero) is 4. The van der Waals surface area contributed by atoms with Gasteiger partial charge in [0.15, 0.2) is 35.0 Å². The molecule has 3 aromatic rings. The molecule has 2 amide bonds. The molecule has 0 aromatic heterocycles. The maximum absolute atomic E-state index is 13.0. The zero-order valence-electron chi connectivity index (χ0n) is 20.4. The van der Waals surface area contributed by atoms with Crippen LogP contribution in [0.4, 0.5) is 0 Å². The van der Waals surface area contributed by atoms with Crippen molar-refractivity contribution in [2.75, 3.05) is 13.1 Å². The van der Waals surface area contributed by atoms with E-state index in [9.17, 15) is 28.8 Å². The van der Waals surface area contributed by atoms with E-state index in [-0.39, 0.29) is 35.3 Å². The summed E-state index contributed by atoms with van der Waals surface area (Å²) in [4.78, 5) is 77.4. The van der Waals surface area contributed by atoms with Crippen LogP contribution >= 0.6 is 0 Å². The molecular weight excluding hydrogens is 484 g/mol. The van der Waals surface area contributed by atoms with Crippen LogP contribution in [0.1, 0.15) is 52.6 Å². The molecule has 38 heavy (non-hydrogen) atoms. The maximum Gasteiger partial charge on any atom is 0.238 e. The summed E-state index contributed by atoms with van der Waals surface area (Å²) in [7, 11) is 0. The molecule has 0 saturated heterocycles. The van der Waals surface area contributed by atoms with Crippen LogP contribution in [0.5, 0.6) is 0 Å². The van der Waals surface area contributed by atoms with Crippen molar-refractivity contribution in [3.63, 3.8) is 0 Å². The van der Waals surface area contributed by atoms with Crippen molar-refractivity contribution in [1.29, 1.82) is 0 Å². The van der Waals surface area contributed by atoms with Crippen LogP contribution in [0.3, 0.4) is 0 Å². The Balaban J connectivity index is 1.26. The Labute approximate surface area is 218 Å². The Morgan fingerprint density at radius 2 is 0.842 bits per heavy atom. The van der Waals surface area contributed by atoms with E-state index in [1.54, 1.807) is 0 Å². The molecular formula is C30H24N2O6. The van der Waals surface area contributed by atoms with Crippen molar-refractivity contribution in [1.82, 2.24) is 10.6 Å². The largest absolute Gasteiger partial charge is 0.355 e. The topological polar surface area (TPSA) is 126 Å². The number of fused-ring (bicyclic) bond motifs is 2. The van der Waals surface area contributed by atoms with Crippen LogP contribution in [-0.4, -0.2) is 48.0 Å². The van der Waals surface area contributed by atoms with Crippen LogP contribution in [0.2, 0.25) is 0 Å². The van der Waals surface area contributed by atoms with E-state index in [4.69, 9.17) is 0 Å². The zero-order chi connectivity index (χ0) is 26.8. The molecule has 2 aliphatic carbocycles. The van der Waals surface area contributed by atoms with Crippen molar-refractivity contribution in [2.24, 2.45) is 11.8 Å². The fraction of sp³-hybridized carbons (Fsp3) is 0.200. The molecule has 8 nitrogen and oxygen atoms in total. The summed E-state index contributed by atoms with van der Waals surface area (Å²) in [5, 5.41) is 5.26. The maximum atomic E-state index is 13.0. The van der Waals surface area contributed by atoms with Gasteiger partial charge in [-0.25, -0.2) is 0 Å². The third-order valence-electron chi connectivity index (χ3n) is 6.90. The minimum absolute atomic E-state index is 0.0803. The molecule has 0 aliphatic heterocycles. The van der Waals surface area contributed by atoms with Gasteiger partial charge in [-0.05, 0) is 36.1 Å². The first-order chi connectivity index (χ1) is 18.4. The SMILES string of the molecule is O=C(NCCc1ccccc1)C1C(=O)c2cc3c(cc2C1=O)C(=O)C(C(=O)NCCc1ccccc1)C3=O. The first kappa shape index (κ1) is 25.0. The van der Waals surface area contributed by atoms with E-state index in [1.165, 1.54) is 12.1 Å². The number of ketones is 4. The van der Waals surface area contributed by atoms with E-state index >= 15 is 0 Å². The van der Waals surface area contributed by atoms with Crippen molar-refractivity contribution in [3.05, 3.63) is 106 Å². The summed E-state index contributed by atoms with van der Waals surface area (Å²) in [6.07, 6.45) is 1.06. The highest BCUT2D eigenvalue weighted by atomic mass is 16.2. The van der Waals surface area contributed by atoms with Crippen molar-refractivity contribution in [3.8, 4) is 0 Å². The first-order valence-electron chi connectivity index (χ1n) is 12.3. The number of amides is 2. The van der Waals surface area contributed by atoms with E-state index in [0.29, 0.717) is 12.8 Å². The lowest BCUT2D eigenvalue weighted by atomic mass is 10.0. The fourth-order valence-corrected chi connectivity index (χ4v) is 4.91. The third kappa shape index (κ3) is 4.56. The van der Waals surface area contributed by atoms with Crippen LogP contribution in [0, 0.1) is 11.8 Å². The quantitative estimate of drug-likeness (QED) is 0.450. The Kier molecular flexibility index (Phi) is 6.79. The fourth-order valence-electron chi connectivity index (χ4n) is 4.91. The number of benzene rings is 3. The van der Waals surface area contributed by atoms with Gasteiger partial charge >= 0.3 is 0 Å². The number of hydrogen-bond donors (Lipinski definition) is 2. The predicted octanol–water partition coefficient (Wildman–Crippen LogP) is 2.39. The van der Waals surface area contributed by atoms with Crippen LogP contribution in [0.25, 0.3) is 0 Å². The molecule has 190 valence electrons. The van der Waals surface area contributed by atoms with E-state index < -0.39 is 46.8 Å². The molecule has 0 fully saturated rings. The van der Waals surface area contributed by atoms with Gasteiger partial charge in [0.25, 0.3) is 0 Å². The van der Waals surface area contributed by atoms with E-state index in [2.05, 4.69) is 10.6 Å². The number of carbonyl (C=O) groups is 6. The van der Waals surface area contributed by atoms with Crippen LogP contribution in [0.15, 0.2) is 72.8 Å². The molecule has 0 saturated carbocycles. The second kappa shape index (κ2) is 10.3. The molecule has 0 heterocycles. The summed E-state index contributed by atoms with van der Waals surface area (Å²) in [5.74, 6) is -7.46. The Hall–Kier alpha value is -4.72. The highest BCUT2D eigenvalue weighted by Gasteiger charge is 2.48. The van der Waals surface area contributed by atoms with Gasteiger partial charge < -0.3 is 10.6 Å². The number of nitrogens with one attached hydrogen (secondary N) is 2. The highest BCUT2D eigenvalue weighted by molar-refractivity contribution is 6.39. The monoisotopic (exact) mass is 508 g/mol. The minimum atomic E-state index is -1.56. The molecule has 5 rings (SSSR count). The average Bonchev–Trinajstić information content (AvgIpc) is 3.32. The third-order valence-corrected chi connectivity index (χ3v) is 6.90. The molecule has 2 N–H and O–H groups in total. The summed E-state index contributed by atoms with van der Waals surface area (Å²) in [6, 6.07) is 21.2. The minimum Gasteiger partial charge on any atom is -0.355 e. The first-order valence-corrected chi connectivity index (χ1v) is 12.3. The standard InChI is InChI=1S/C30H24N2O6/c33-25-19-15-21-22(28(36)24(27(21)35)30(38)32-14-12-18-9-5-2-6-10-18)16-20(19)26(34)23(25)29(37)31-13-11-17-7-3-1-4-8-17/h1-10,15-16,23-24H,11-14H2,(H,31,37)(H,32,38). The average molecular weight is 509 g/mol. The second-order valence-corrected chi connectivity index (χ2v) is 9.32. The zero-order valence-corrected chi connectivity index (χ0v) is 20.4. The number of carbonyl (C=O) groups excluding carboxylic acids is 6. The lowest BCUT2D eigenvalue weighted by Gasteiger charge is -2.09. The molecule has 3 aromatic carbocycles. The van der Waals surface area contributed by atoms with Crippen molar-refractivity contribution < 1.29 is 28.8 Å². The molecule has 0 bridgehead atoms. The van der Waals surface area contributed by atoms with Gasteiger partial charge in [-0.1, -0.05) is 60.7 Å². The number of hydrogen-bond acceptors (Lipinski definition) is 6. The Morgan fingerprint density at radius 3 is 1.16 bits per heavy atom. The van der Waals surface area contributed by atoms with Gasteiger partial charge in [-0.2, -0.15) is 0 Å². The van der Waals surface area contributed by atoms with Crippen LogP contribution in [-0.2, 0) is 22.4 Å². The normalized spacial score (nSPS) is 14.9. The second-order valence-electron chi connectivity index (χ2n) is 9.32. The van der Waals surface area contributed by atoms with Crippen molar-refractivity contribution in [2.45, 2.75) is 12.8 Å². The van der Waals surface area contributed by atoms with Crippen LogP contribution < -0.4 is 10.6 Å². The Bertz CT molecular complexity index is 1320. The molecule has 2 aliphatic rings. The van der Waals surface area contributed by atoms with Gasteiger partial charge in [-0.3, -0.25) is 28.8 Å².